The minimum absolute atomic E-state index is 0.110. The number of halogens is 3. The molecule has 0 atom stereocenters. The summed E-state index contributed by atoms with van der Waals surface area (Å²) in [4.78, 5) is 12.2. The van der Waals surface area contributed by atoms with Crippen molar-refractivity contribution in [2.45, 2.75) is 71.1 Å². The number of amides is 1. The molecule has 148 valence electrons. The molecule has 0 aromatic carbocycles. The number of carbonyl (C=O) groups excluding carboxylic acids is 1. The Bertz CT molecular complexity index is 829. The number of aromatic amines is 1. The van der Waals surface area contributed by atoms with E-state index < -0.39 is 11.9 Å². The number of rotatable bonds is 4. The van der Waals surface area contributed by atoms with Gasteiger partial charge in [0.05, 0.1) is 17.9 Å². The van der Waals surface area contributed by atoms with Gasteiger partial charge in [0.25, 0.3) is 0 Å². The van der Waals surface area contributed by atoms with E-state index in [1.54, 1.807) is 0 Å². The first-order valence-electron chi connectivity index (χ1n) is 9.03. The highest BCUT2D eigenvalue weighted by Gasteiger charge is 2.39. The molecule has 0 spiro atoms. The number of H-pyrrole nitrogens is 1. The van der Waals surface area contributed by atoms with Crippen molar-refractivity contribution < 1.29 is 18.0 Å². The van der Waals surface area contributed by atoms with Crippen LogP contribution in [-0.2, 0) is 42.3 Å². The van der Waals surface area contributed by atoms with Crippen LogP contribution in [0.25, 0.3) is 0 Å². The number of aromatic nitrogens is 4. The molecule has 0 saturated carbocycles. The molecule has 0 saturated heterocycles. The van der Waals surface area contributed by atoms with Crippen molar-refractivity contribution in [2.24, 2.45) is 0 Å². The average Bonchev–Trinajstić information content (AvgIpc) is 3.18. The molecule has 2 aromatic rings. The van der Waals surface area contributed by atoms with Crippen molar-refractivity contribution in [2.75, 3.05) is 0 Å². The van der Waals surface area contributed by atoms with Gasteiger partial charge in [-0.3, -0.25) is 14.6 Å². The minimum atomic E-state index is -4.50. The topological polar surface area (TPSA) is 75.6 Å². The van der Waals surface area contributed by atoms with Crippen LogP contribution in [0.15, 0.2) is 6.07 Å². The van der Waals surface area contributed by atoms with Crippen LogP contribution in [0.3, 0.4) is 0 Å². The highest BCUT2D eigenvalue weighted by molar-refractivity contribution is 5.75. The summed E-state index contributed by atoms with van der Waals surface area (Å²) in [6.45, 7) is 6.11. The van der Waals surface area contributed by atoms with Crippen LogP contribution in [0.4, 0.5) is 13.2 Å². The lowest BCUT2D eigenvalue weighted by molar-refractivity contribution is -0.142. The third-order valence-electron chi connectivity index (χ3n) is 4.69. The molecule has 0 unspecified atom stereocenters. The Morgan fingerprint density at radius 1 is 1.26 bits per heavy atom. The highest BCUT2D eigenvalue weighted by atomic mass is 19.4. The van der Waals surface area contributed by atoms with Crippen LogP contribution in [0, 0.1) is 0 Å². The summed E-state index contributed by atoms with van der Waals surface area (Å²) >= 11 is 0. The van der Waals surface area contributed by atoms with E-state index in [0.29, 0.717) is 25.0 Å². The molecule has 0 aliphatic heterocycles. The van der Waals surface area contributed by atoms with Crippen LogP contribution in [-0.4, -0.2) is 25.9 Å². The average molecular weight is 383 g/mol. The van der Waals surface area contributed by atoms with E-state index in [4.69, 9.17) is 0 Å². The normalized spacial score (nSPS) is 14.9. The SMILES string of the molecule is CC(C)(C)c1cc(CNC(=O)Cn2nc(C(F)(F)F)c3c2CCCC3)[nH]n1. The van der Waals surface area contributed by atoms with Crippen molar-refractivity contribution in [1.29, 1.82) is 0 Å². The number of alkyl halides is 3. The van der Waals surface area contributed by atoms with Gasteiger partial charge in [0.1, 0.15) is 6.54 Å². The second-order valence-corrected chi connectivity index (χ2v) is 7.94. The van der Waals surface area contributed by atoms with Crippen molar-refractivity contribution in [3.8, 4) is 0 Å². The summed E-state index contributed by atoms with van der Waals surface area (Å²) < 4.78 is 40.8. The van der Waals surface area contributed by atoms with Gasteiger partial charge in [-0.1, -0.05) is 20.8 Å². The molecule has 9 heteroatoms. The second kappa shape index (κ2) is 7.01. The summed E-state index contributed by atoms with van der Waals surface area (Å²) in [5.41, 5.74) is 1.43. The Morgan fingerprint density at radius 2 is 1.96 bits per heavy atom. The van der Waals surface area contributed by atoms with Gasteiger partial charge in [-0.25, -0.2) is 0 Å². The summed E-state index contributed by atoms with van der Waals surface area (Å²) in [5.74, 6) is -0.383. The maximum absolute atomic E-state index is 13.2. The molecular weight excluding hydrogens is 359 g/mol. The minimum Gasteiger partial charge on any atom is -0.349 e. The predicted molar refractivity (Wildman–Crippen MR) is 93.0 cm³/mol. The van der Waals surface area contributed by atoms with Gasteiger partial charge in [0, 0.05) is 16.7 Å². The molecular formula is C18H24F3N5O. The Morgan fingerprint density at radius 3 is 2.59 bits per heavy atom. The Labute approximate surface area is 155 Å². The fourth-order valence-electron chi connectivity index (χ4n) is 3.25. The number of nitrogens with one attached hydrogen (secondary N) is 2. The van der Waals surface area contributed by atoms with Crippen LogP contribution < -0.4 is 5.32 Å². The molecule has 2 aromatic heterocycles. The van der Waals surface area contributed by atoms with Gasteiger partial charge in [-0.15, -0.1) is 0 Å². The Kier molecular flexibility index (Phi) is 5.05. The van der Waals surface area contributed by atoms with E-state index in [1.807, 2.05) is 26.8 Å². The molecule has 2 heterocycles. The Balaban J connectivity index is 1.68. The molecule has 0 bridgehead atoms. The second-order valence-electron chi connectivity index (χ2n) is 7.94. The third kappa shape index (κ3) is 4.33. The van der Waals surface area contributed by atoms with Crippen molar-refractivity contribution in [3.05, 3.63) is 34.4 Å². The lowest BCUT2D eigenvalue weighted by Crippen LogP contribution is -2.28. The first kappa shape index (κ1) is 19.4. The van der Waals surface area contributed by atoms with Gasteiger partial charge in [0.2, 0.25) is 5.91 Å². The van der Waals surface area contributed by atoms with Crippen LogP contribution in [0.1, 0.15) is 62.0 Å². The molecule has 3 rings (SSSR count). The van der Waals surface area contributed by atoms with Gasteiger partial charge in [0.15, 0.2) is 5.69 Å². The maximum atomic E-state index is 13.2. The molecule has 27 heavy (non-hydrogen) atoms. The summed E-state index contributed by atoms with van der Waals surface area (Å²) in [7, 11) is 0. The van der Waals surface area contributed by atoms with Gasteiger partial charge in [-0.05, 0) is 31.7 Å². The van der Waals surface area contributed by atoms with E-state index in [2.05, 4.69) is 20.6 Å². The van der Waals surface area contributed by atoms with E-state index in [0.717, 1.165) is 17.8 Å². The molecule has 1 amide bonds. The van der Waals surface area contributed by atoms with Crippen molar-refractivity contribution in [3.63, 3.8) is 0 Å². The fourth-order valence-corrected chi connectivity index (χ4v) is 3.25. The monoisotopic (exact) mass is 383 g/mol. The van der Waals surface area contributed by atoms with Gasteiger partial charge in [-0.2, -0.15) is 23.4 Å². The van der Waals surface area contributed by atoms with Gasteiger partial charge < -0.3 is 5.32 Å². The molecule has 0 radical (unpaired) electrons. The largest absolute Gasteiger partial charge is 0.435 e. The predicted octanol–water partition coefficient (Wildman–Crippen LogP) is 3.12. The van der Waals surface area contributed by atoms with Gasteiger partial charge >= 0.3 is 6.18 Å². The van der Waals surface area contributed by atoms with E-state index >= 15 is 0 Å². The Hall–Kier alpha value is -2.32. The van der Waals surface area contributed by atoms with Crippen molar-refractivity contribution in [1.82, 2.24) is 25.3 Å². The van der Waals surface area contributed by atoms with E-state index in [-0.39, 0.29) is 30.0 Å². The molecule has 6 nitrogen and oxygen atoms in total. The zero-order valence-corrected chi connectivity index (χ0v) is 15.7. The molecule has 0 fully saturated rings. The number of fused-ring (bicyclic) bond motifs is 1. The lowest BCUT2D eigenvalue weighted by Gasteiger charge is -2.14. The standard InChI is InChI=1S/C18H24F3N5O/c1-17(2,3)14-8-11(23-24-14)9-22-15(27)10-26-13-7-5-4-6-12(13)16(25-26)18(19,20)21/h8H,4-7,9-10H2,1-3H3,(H,22,27)(H,23,24). The maximum Gasteiger partial charge on any atom is 0.435 e. The zero-order valence-electron chi connectivity index (χ0n) is 15.7. The molecule has 1 aliphatic rings. The number of nitrogens with zero attached hydrogens (tertiary/aromatic N) is 3. The zero-order chi connectivity index (χ0) is 19.8. The summed E-state index contributed by atoms with van der Waals surface area (Å²) in [6, 6.07) is 1.87. The molecule has 2 N–H and O–H groups in total. The third-order valence-corrected chi connectivity index (χ3v) is 4.69. The van der Waals surface area contributed by atoms with Crippen LogP contribution in [0.5, 0.6) is 0 Å². The summed E-state index contributed by atoms with van der Waals surface area (Å²) in [6.07, 6.45) is -2.11. The number of hydrogen-bond acceptors (Lipinski definition) is 3. The van der Waals surface area contributed by atoms with Crippen molar-refractivity contribution >= 4 is 5.91 Å². The first-order valence-corrected chi connectivity index (χ1v) is 9.03. The fraction of sp³-hybridized carbons (Fsp3) is 0.611. The number of hydrogen-bond donors (Lipinski definition) is 2. The number of carbonyl (C=O) groups is 1. The lowest BCUT2D eigenvalue weighted by atomic mass is 9.92. The summed E-state index contributed by atoms with van der Waals surface area (Å²) in [5, 5.41) is 13.5. The smallest absolute Gasteiger partial charge is 0.349 e. The van der Waals surface area contributed by atoms with Crippen LogP contribution in [0.2, 0.25) is 0 Å². The first-order chi connectivity index (χ1) is 12.6. The van der Waals surface area contributed by atoms with E-state index in [9.17, 15) is 18.0 Å². The van der Waals surface area contributed by atoms with Crippen LogP contribution >= 0.6 is 0 Å². The highest BCUT2D eigenvalue weighted by Crippen LogP contribution is 2.35. The van der Waals surface area contributed by atoms with E-state index in [1.165, 1.54) is 4.68 Å². The molecule has 1 aliphatic carbocycles. The quantitative estimate of drug-likeness (QED) is 0.852.